The van der Waals surface area contributed by atoms with Gasteiger partial charge >= 0.3 is 6.18 Å². The molecule has 0 bridgehead atoms. The lowest BCUT2D eigenvalue weighted by molar-refractivity contribution is -0.138. The minimum Gasteiger partial charge on any atom is -0.344 e. The fraction of sp³-hybridized carbons (Fsp3) is 0.190. The lowest BCUT2D eigenvalue weighted by Crippen LogP contribution is -2.24. The minimum absolute atomic E-state index is 0.0248. The third-order valence-electron chi connectivity index (χ3n) is 4.86. The van der Waals surface area contributed by atoms with Crippen molar-refractivity contribution in [1.82, 2.24) is 24.8 Å². The molecule has 0 atom stereocenters. The number of nitrogens with one attached hydrogen (secondary N) is 2. The van der Waals surface area contributed by atoms with Crippen molar-refractivity contribution in [2.45, 2.75) is 19.6 Å². The van der Waals surface area contributed by atoms with Crippen LogP contribution in [0.5, 0.6) is 0 Å². The van der Waals surface area contributed by atoms with E-state index in [9.17, 15) is 22.8 Å². The molecule has 3 aromatic heterocycles. The van der Waals surface area contributed by atoms with Crippen molar-refractivity contribution in [3.63, 3.8) is 0 Å². The number of halogens is 3. The second-order valence-corrected chi connectivity index (χ2v) is 8.28. The van der Waals surface area contributed by atoms with E-state index in [1.807, 2.05) is 0 Å². The quantitative estimate of drug-likeness (QED) is 0.456. The van der Waals surface area contributed by atoms with E-state index in [4.69, 9.17) is 0 Å². The van der Waals surface area contributed by atoms with Gasteiger partial charge in [0, 0.05) is 18.9 Å². The smallest absolute Gasteiger partial charge is 0.344 e. The topological polar surface area (TPSA) is 102 Å². The number of aromatic nitrogens is 4. The van der Waals surface area contributed by atoms with Crippen LogP contribution in [0.25, 0.3) is 11.0 Å². The number of hydrogen-bond acceptors (Lipinski definition) is 6. The van der Waals surface area contributed by atoms with Crippen molar-refractivity contribution in [3.8, 4) is 0 Å². The van der Waals surface area contributed by atoms with Crippen molar-refractivity contribution >= 4 is 39.9 Å². The van der Waals surface area contributed by atoms with Crippen LogP contribution in [0.15, 0.2) is 43.0 Å². The molecule has 170 valence electrons. The van der Waals surface area contributed by atoms with E-state index in [-0.39, 0.29) is 28.4 Å². The average molecular weight is 474 g/mol. The highest BCUT2D eigenvalue weighted by molar-refractivity contribution is 7.13. The number of carbonyl (C=O) groups excluding carboxylic acids is 2. The third kappa shape index (κ3) is 4.70. The van der Waals surface area contributed by atoms with Gasteiger partial charge in [0.25, 0.3) is 11.8 Å². The Morgan fingerprint density at radius 2 is 1.91 bits per heavy atom. The Balaban J connectivity index is 1.42. The van der Waals surface area contributed by atoms with E-state index in [1.54, 1.807) is 23.9 Å². The predicted octanol–water partition coefficient (Wildman–Crippen LogP) is 3.93. The van der Waals surface area contributed by atoms with E-state index in [2.05, 4.69) is 25.6 Å². The van der Waals surface area contributed by atoms with Gasteiger partial charge in [0.15, 0.2) is 0 Å². The molecule has 33 heavy (non-hydrogen) atoms. The van der Waals surface area contributed by atoms with Gasteiger partial charge in [0.1, 0.15) is 27.6 Å². The molecular formula is C21H17F3N6O2S. The van der Waals surface area contributed by atoms with Crippen LogP contribution in [0.1, 0.15) is 36.3 Å². The molecule has 0 saturated heterocycles. The van der Waals surface area contributed by atoms with Crippen molar-refractivity contribution < 1.29 is 22.8 Å². The van der Waals surface area contributed by atoms with Crippen molar-refractivity contribution in [3.05, 3.63) is 69.7 Å². The Kier molecular flexibility index (Phi) is 5.85. The number of carbonyl (C=O) groups is 2. The van der Waals surface area contributed by atoms with Crippen LogP contribution in [0.4, 0.5) is 18.9 Å². The van der Waals surface area contributed by atoms with Gasteiger partial charge in [-0.05, 0) is 30.7 Å². The van der Waals surface area contributed by atoms with Crippen molar-refractivity contribution in [2.75, 3.05) is 5.32 Å². The molecule has 0 unspecified atom stereocenters. The highest BCUT2D eigenvalue weighted by Crippen LogP contribution is 2.33. The molecule has 8 nitrogen and oxygen atoms in total. The number of fused-ring (bicyclic) bond motifs is 1. The van der Waals surface area contributed by atoms with Gasteiger partial charge in [-0.15, -0.1) is 11.3 Å². The van der Waals surface area contributed by atoms with Crippen LogP contribution in [0.2, 0.25) is 0 Å². The maximum atomic E-state index is 13.1. The summed E-state index contributed by atoms with van der Waals surface area (Å²) in [6, 6.07) is 5.33. The summed E-state index contributed by atoms with van der Waals surface area (Å²) in [7, 11) is 1.81. The predicted molar refractivity (Wildman–Crippen MR) is 116 cm³/mol. The van der Waals surface area contributed by atoms with E-state index in [0.29, 0.717) is 16.0 Å². The van der Waals surface area contributed by atoms with Gasteiger partial charge in [0.05, 0.1) is 23.7 Å². The number of thiazole rings is 1. The Morgan fingerprint density at radius 3 is 2.67 bits per heavy atom. The molecule has 3 heterocycles. The highest BCUT2D eigenvalue weighted by Gasteiger charge is 2.32. The van der Waals surface area contributed by atoms with Gasteiger partial charge < -0.3 is 15.2 Å². The number of amides is 2. The van der Waals surface area contributed by atoms with Gasteiger partial charge in [0.2, 0.25) is 0 Å². The number of rotatable bonds is 5. The molecule has 12 heteroatoms. The molecule has 0 fully saturated rings. The molecule has 0 radical (unpaired) electrons. The largest absolute Gasteiger partial charge is 0.416 e. The zero-order chi connectivity index (χ0) is 23.8. The van der Waals surface area contributed by atoms with Crippen LogP contribution in [-0.2, 0) is 19.8 Å². The van der Waals surface area contributed by atoms with Crippen molar-refractivity contribution in [1.29, 1.82) is 0 Å². The number of hydrogen-bond donors (Lipinski definition) is 2. The summed E-state index contributed by atoms with van der Waals surface area (Å²) in [5.41, 5.74) is 0.109. The monoisotopic (exact) mass is 474 g/mol. The fourth-order valence-corrected chi connectivity index (χ4v) is 3.95. The van der Waals surface area contributed by atoms with Gasteiger partial charge in [-0.25, -0.2) is 15.0 Å². The first-order valence-corrected chi connectivity index (χ1v) is 10.4. The van der Waals surface area contributed by atoms with E-state index < -0.39 is 23.6 Å². The molecule has 0 spiro atoms. The molecule has 0 saturated carbocycles. The number of aryl methyl sites for hydroxylation is 2. The van der Waals surface area contributed by atoms with Crippen LogP contribution >= 0.6 is 11.3 Å². The zero-order valence-electron chi connectivity index (χ0n) is 17.4. The summed E-state index contributed by atoms with van der Waals surface area (Å²) in [6.45, 7) is 1.40. The Bertz CT molecular complexity index is 1360. The summed E-state index contributed by atoms with van der Waals surface area (Å²) < 4.78 is 41.0. The Hall–Kier alpha value is -3.80. The van der Waals surface area contributed by atoms with Crippen molar-refractivity contribution in [2.24, 2.45) is 7.05 Å². The molecule has 2 amide bonds. The molecular weight excluding hydrogens is 457 g/mol. The first kappa shape index (κ1) is 22.4. The molecule has 2 N–H and O–H groups in total. The van der Waals surface area contributed by atoms with Crippen LogP contribution < -0.4 is 10.6 Å². The standard InChI is InChI=1S/C21H17F3N6O2S/c1-11-3-4-12(7-14(11)21(22,23)24)29-19(31)15-8-25-16(33-15)9-26-20(32)17-13-5-6-30(2)18(13)28-10-27-17/h3-8,10H,9H2,1-2H3,(H,26,32)(H,29,31). The SMILES string of the molecule is Cc1ccc(NC(=O)c2cnc(CNC(=O)c3ncnc4c3ccn4C)s2)cc1C(F)(F)F. The van der Waals surface area contributed by atoms with E-state index in [1.165, 1.54) is 31.6 Å². The molecule has 4 rings (SSSR count). The molecule has 1 aromatic carbocycles. The fourth-order valence-electron chi connectivity index (χ4n) is 3.19. The zero-order valence-corrected chi connectivity index (χ0v) is 18.2. The second-order valence-electron chi connectivity index (χ2n) is 7.17. The average Bonchev–Trinajstić information content (AvgIpc) is 3.40. The first-order chi connectivity index (χ1) is 15.6. The van der Waals surface area contributed by atoms with E-state index in [0.717, 1.165) is 17.4 Å². The van der Waals surface area contributed by atoms with Crippen LogP contribution in [0.3, 0.4) is 0 Å². The minimum atomic E-state index is -4.52. The van der Waals surface area contributed by atoms with Crippen LogP contribution in [0, 0.1) is 6.92 Å². The highest BCUT2D eigenvalue weighted by atomic mass is 32.1. The van der Waals surface area contributed by atoms with Crippen LogP contribution in [-0.4, -0.2) is 31.3 Å². The summed E-state index contributed by atoms with van der Waals surface area (Å²) in [5.74, 6) is -1.02. The molecule has 4 aromatic rings. The maximum absolute atomic E-state index is 13.1. The summed E-state index contributed by atoms with van der Waals surface area (Å²) in [5, 5.41) is 6.21. The molecule has 0 aliphatic carbocycles. The van der Waals surface area contributed by atoms with Gasteiger partial charge in [-0.3, -0.25) is 9.59 Å². The Labute approximate surface area is 189 Å². The number of alkyl halides is 3. The summed E-state index contributed by atoms with van der Waals surface area (Å²) in [4.78, 5) is 37.5. The molecule has 0 aliphatic heterocycles. The lowest BCUT2D eigenvalue weighted by atomic mass is 10.1. The number of anilines is 1. The second kappa shape index (κ2) is 8.62. The summed E-state index contributed by atoms with van der Waals surface area (Å²) >= 11 is 1.02. The third-order valence-corrected chi connectivity index (χ3v) is 5.85. The lowest BCUT2D eigenvalue weighted by Gasteiger charge is -2.12. The van der Waals surface area contributed by atoms with E-state index >= 15 is 0 Å². The maximum Gasteiger partial charge on any atom is 0.416 e. The summed E-state index contributed by atoms with van der Waals surface area (Å²) in [6.07, 6.45) is -0.137. The normalized spacial score (nSPS) is 11.5. The Morgan fingerprint density at radius 1 is 1.12 bits per heavy atom. The van der Waals surface area contributed by atoms with Gasteiger partial charge in [-0.2, -0.15) is 13.2 Å². The van der Waals surface area contributed by atoms with Gasteiger partial charge in [-0.1, -0.05) is 6.07 Å². The number of benzene rings is 1. The molecule has 0 aliphatic rings. The first-order valence-electron chi connectivity index (χ1n) is 9.61. The number of nitrogens with zero attached hydrogens (tertiary/aromatic N) is 4.